The lowest BCUT2D eigenvalue weighted by atomic mass is 10.2. The Morgan fingerprint density at radius 1 is 1.42 bits per heavy atom. The average molecular weight is 268 g/mol. The van der Waals surface area contributed by atoms with Gasteiger partial charge in [-0.1, -0.05) is 13.0 Å². The lowest BCUT2D eigenvalue weighted by molar-refractivity contribution is -0.131. The van der Waals surface area contributed by atoms with Crippen LogP contribution in [0, 0.1) is 11.6 Å². The fourth-order valence-electron chi connectivity index (χ4n) is 1.97. The molecule has 1 aromatic carbocycles. The van der Waals surface area contributed by atoms with Gasteiger partial charge < -0.3 is 10.2 Å². The van der Waals surface area contributed by atoms with E-state index in [1.165, 1.54) is 12.1 Å². The van der Waals surface area contributed by atoms with E-state index < -0.39 is 11.6 Å². The molecule has 0 radical (unpaired) electrons. The van der Waals surface area contributed by atoms with Crippen molar-refractivity contribution in [2.45, 2.75) is 32.4 Å². The molecule has 0 aliphatic heterocycles. The van der Waals surface area contributed by atoms with Crippen molar-refractivity contribution in [1.29, 1.82) is 0 Å². The molecule has 0 heterocycles. The molecule has 0 atom stereocenters. The predicted octanol–water partition coefficient (Wildman–Crippen LogP) is 2.07. The van der Waals surface area contributed by atoms with Crippen molar-refractivity contribution in [2.75, 3.05) is 13.1 Å². The number of nitrogens with one attached hydrogen (secondary N) is 1. The van der Waals surface area contributed by atoms with Gasteiger partial charge in [-0.2, -0.15) is 0 Å². The Labute approximate surface area is 111 Å². The van der Waals surface area contributed by atoms with Crippen LogP contribution in [-0.4, -0.2) is 29.9 Å². The minimum absolute atomic E-state index is 0.0342. The molecule has 1 saturated carbocycles. The number of rotatable bonds is 6. The van der Waals surface area contributed by atoms with E-state index in [0.29, 0.717) is 5.56 Å². The summed E-state index contributed by atoms with van der Waals surface area (Å²) in [7, 11) is 0. The third-order valence-electron chi connectivity index (χ3n) is 3.19. The maximum Gasteiger partial charge on any atom is 0.237 e. The van der Waals surface area contributed by atoms with Crippen molar-refractivity contribution >= 4 is 5.91 Å². The van der Waals surface area contributed by atoms with E-state index in [9.17, 15) is 13.6 Å². The maximum absolute atomic E-state index is 13.6. The van der Waals surface area contributed by atoms with Gasteiger partial charge >= 0.3 is 0 Å². The van der Waals surface area contributed by atoms with Gasteiger partial charge in [0.05, 0.1) is 6.54 Å². The number of likely N-dealkylation sites (N-methyl/N-ethyl adjacent to an activating group) is 1. The van der Waals surface area contributed by atoms with E-state index in [1.54, 1.807) is 4.90 Å². The SMILES string of the molecule is CCNCC(=O)N(Cc1ccc(F)cc1F)C1CC1. The summed E-state index contributed by atoms with van der Waals surface area (Å²) in [5.41, 5.74) is 0.359. The Balaban J connectivity index is 2.06. The van der Waals surface area contributed by atoms with Gasteiger partial charge in [0.1, 0.15) is 11.6 Å². The summed E-state index contributed by atoms with van der Waals surface area (Å²) in [6, 6.07) is 3.68. The molecule has 0 unspecified atom stereocenters. The van der Waals surface area contributed by atoms with Crippen LogP contribution in [0.4, 0.5) is 8.78 Å². The molecule has 104 valence electrons. The zero-order valence-electron chi connectivity index (χ0n) is 11.0. The number of benzene rings is 1. The Morgan fingerprint density at radius 2 is 2.16 bits per heavy atom. The van der Waals surface area contributed by atoms with E-state index in [1.807, 2.05) is 6.92 Å². The van der Waals surface area contributed by atoms with Crippen LogP contribution < -0.4 is 5.32 Å². The first-order valence-electron chi connectivity index (χ1n) is 6.56. The fraction of sp³-hybridized carbons (Fsp3) is 0.500. The summed E-state index contributed by atoms with van der Waals surface area (Å²) in [6.45, 7) is 3.11. The highest BCUT2D eigenvalue weighted by molar-refractivity contribution is 5.79. The van der Waals surface area contributed by atoms with Crippen molar-refractivity contribution in [3.05, 3.63) is 35.4 Å². The van der Waals surface area contributed by atoms with Crippen molar-refractivity contribution in [2.24, 2.45) is 0 Å². The lowest BCUT2D eigenvalue weighted by Crippen LogP contribution is -2.39. The molecule has 1 aromatic rings. The van der Waals surface area contributed by atoms with E-state index >= 15 is 0 Å². The molecule has 19 heavy (non-hydrogen) atoms. The largest absolute Gasteiger partial charge is 0.334 e. The molecule has 1 aliphatic carbocycles. The van der Waals surface area contributed by atoms with Crippen LogP contribution in [0.2, 0.25) is 0 Å². The first kappa shape index (κ1) is 13.9. The number of hydrogen-bond acceptors (Lipinski definition) is 2. The minimum Gasteiger partial charge on any atom is -0.334 e. The zero-order chi connectivity index (χ0) is 13.8. The Kier molecular flexibility index (Phi) is 4.47. The third kappa shape index (κ3) is 3.73. The van der Waals surface area contributed by atoms with Gasteiger partial charge in [-0.05, 0) is 25.5 Å². The van der Waals surface area contributed by atoms with Crippen LogP contribution >= 0.6 is 0 Å². The van der Waals surface area contributed by atoms with Gasteiger partial charge in [-0.3, -0.25) is 4.79 Å². The van der Waals surface area contributed by atoms with Gasteiger partial charge in [0.2, 0.25) is 5.91 Å². The zero-order valence-corrected chi connectivity index (χ0v) is 11.0. The first-order chi connectivity index (χ1) is 9.11. The lowest BCUT2D eigenvalue weighted by Gasteiger charge is -2.23. The van der Waals surface area contributed by atoms with Crippen molar-refractivity contribution in [3.8, 4) is 0 Å². The molecule has 1 amide bonds. The topological polar surface area (TPSA) is 32.3 Å². The number of carbonyl (C=O) groups excluding carboxylic acids is 1. The van der Waals surface area contributed by atoms with Crippen molar-refractivity contribution in [1.82, 2.24) is 10.2 Å². The normalized spacial score (nSPS) is 14.5. The highest BCUT2D eigenvalue weighted by Crippen LogP contribution is 2.28. The Bertz CT molecular complexity index is 461. The molecule has 5 heteroatoms. The molecule has 0 aromatic heterocycles. The van der Waals surface area contributed by atoms with E-state index in [4.69, 9.17) is 0 Å². The molecular weight excluding hydrogens is 250 g/mol. The number of halogens is 2. The van der Waals surface area contributed by atoms with Gasteiger partial charge in [0.15, 0.2) is 0 Å². The number of carbonyl (C=O) groups is 1. The second-order valence-corrected chi connectivity index (χ2v) is 4.77. The summed E-state index contributed by atoms with van der Waals surface area (Å²) >= 11 is 0. The molecule has 0 spiro atoms. The molecule has 2 rings (SSSR count). The summed E-state index contributed by atoms with van der Waals surface area (Å²) in [6.07, 6.45) is 1.92. The van der Waals surface area contributed by atoms with Crippen LogP contribution in [0.15, 0.2) is 18.2 Å². The van der Waals surface area contributed by atoms with E-state index in [0.717, 1.165) is 25.5 Å². The molecule has 0 saturated heterocycles. The molecule has 1 fully saturated rings. The van der Waals surface area contributed by atoms with Gasteiger partial charge in [0.25, 0.3) is 0 Å². The number of nitrogens with zero attached hydrogens (tertiary/aromatic N) is 1. The van der Waals surface area contributed by atoms with Crippen LogP contribution in [0.25, 0.3) is 0 Å². The fourth-order valence-corrected chi connectivity index (χ4v) is 1.97. The highest BCUT2D eigenvalue weighted by Gasteiger charge is 2.32. The third-order valence-corrected chi connectivity index (χ3v) is 3.19. The maximum atomic E-state index is 13.6. The van der Waals surface area contributed by atoms with Gasteiger partial charge in [-0.25, -0.2) is 8.78 Å². The second-order valence-electron chi connectivity index (χ2n) is 4.77. The summed E-state index contributed by atoms with van der Waals surface area (Å²) < 4.78 is 26.5. The summed E-state index contributed by atoms with van der Waals surface area (Å²) in [4.78, 5) is 13.7. The Morgan fingerprint density at radius 3 is 2.74 bits per heavy atom. The molecule has 1 N–H and O–H groups in total. The van der Waals surface area contributed by atoms with E-state index in [2.05, 4.69) is 5.32 Å². The van der Waals surface area contributed by atoms with Crippen LogP contribution in [-0.2, 0) is 11.3 Å². The second kappa shape index (κ2) is 6.10. The number of amides is 1. The molecule has 0 bridgehead atoms. The minimum atomic E-state index is -0.599. The monoisotopic (exact) mass is 268 g/mol. The van der Waals surface area contributed by atoms with Crippen LogP contribution in [0.1, 0.15) is 25.3 Å². The van der Waals surface area contributed by atoms with Gasteiger partial charge in [-0.15, -0.1) is 0 Å². The van der Waals surface area contributed by atoms with E-state index in [-0.39, 0.29) is 25.0 Å². The molecular formula is C14H18F2N2O. The predicted molar refractivity (Wildman–Crippen MR) is 68.5 cm³/mol. The molecule has 1 aliphatic rings. The van der Waals surface area contributed by atoms with Crippen LogP contribution in [0.3, 0.4) is 0 Å². The van der Waals surface area contributed by atoms with Crippen LogP contribution in [0.5, 0.6) is 0 Å². The van der Waals surface area contributed by atoms with Crippen molar-refractivity contribution < 1.29 is 13.6 Å². The molecule has 3 nitrogen and oxygen atoms in total. The number of hydrogen-bond donors (Lipinski definition) is 1. The summed E-state index contributed by atoms with van der Waals surface area (Å²) in [5, 5.41) is 2.98. The van der Waals surface area contributed by atoms with Gasteiger partial charge in [0, 0.05) is 24.2 Å². The summed E-state index contributed by atoms with van der Waals surface area (Å²) in [5.74, 6) is -1.23. The average Bonchev–Trinajstić information content (AvgIpc) is 3.19. The highest BCUT2D eigenvalue weighted by atomic mass is 19.1. The quantitative estimate of drug-likeness (QED) is 0.856. The Hall–Kier alpha value is -1.49. The smallest absolute Gasteiger partial charge is 0.237 e. The first-order valence-corrected chi connectivity index (χ1v) is 6.56. The van der Waals surface area contributed by atoms with Crippen molar-refractivity contribution in [3.63, 3.8) is 0 Å². The standard InChI is InChI=1S/C14H18F2N2O/c1-2-17-8-14(19)18(12-5-6-12)9-10-3-4-11(15)7-13(10)16/h3-4,7,12,17H,2,5-6,8-9H2,1H3.